The van der Waals surface area contributed by atoms with Crippen LogP contribution < -0.4 is 15.1 Å². The van der Waals surface area contributed by atoms with Gasteiger partial charge in [0.2, 0.25) is 5.43 Å². The van der Waals surface area contributed by atoms with Crippen LogP contribution in [0.4, 0.5) is 10.1 Å². The smallest absolute Gasteiger partial charge is 0.201 e. The van der Waals surface area contributed by atoms with E-state index in [0.29, 0.717) is 29.3 Å². The third-order valence-electron chi connectivity index (χ3n) is 6.60. The first-order chi connectivity index (χ1) is 16.0. The molecule has 1 N–H and O–H groups in total. The van der Waals surface area contributed by atoms with E-state index in [-0.39, 0.29) is 28.7 Å². The van der Waals surface area contributed by atoms with Gasteiger partial charge < -0.3 is 14.2 Å². The summed E-state index contributed by atoms with van der Waals surface area (Å²) in [4.78, 5) is 32.2. The summed E-state index contributed by atoms with van der Waals surface area (Å²) < 4.78 is 23.2. The SMILES string of the molecule is COc1c(N2CC[C@@H](c3ncn[nH]3)C2)c(F)cc2c(=O)c3c(n(C4CC4)c12)SC(C#N)C3=O. The predicted molar refractivity (Wildman–Crippen MR) is 119 cm³/mol. The first kappa shape index (κ1) is 20.2. The molecule has 0 bridgehead atoms. The van der Waals surface area contributed by atoms with Crippen molar-refractivity contribution >= 4 is 34.1 Å². The largest absolute Gasteiger partial charge is 0.492 e. The molecule has 0 spiro atoms. The maximum absolute atomic E-state index is 15.6. The number of nitrogens with zero attached hydrogens (tertiary/aromatic N) is 5. The van der Waals surface area contributed by atoms with E-state index in [1.54, 1.807) is 0 Å². The molecule has 2 aromatic heterocycles. The number of hydrogen-bond donors (Lipinski definition) is 1. The Bertz CT molecular complexity index is 1410. The topological polar surface area (TPSA) is 117 Å². The van der Waals surface area contributed by atoms with Crippen molar-refractivity contribution in [3.8, 4) is 11.8 Å². The van der Waals surface area contributed by atoms with Gasteiger partial charge in [-0.2, -0.15) is 10.4 Å². The van der Waals surface area contributed by atoms with Crippen LogP contribution in [0.15, 0.2) is 22.2 Å². The van der Waals surface area contributed by atoms with Gasteiger partial charge in [-0.1, -0.05) is 11.8 Å². The molecule has 6 rings (SSSR count). The number of hydrogen-bond acceptors (Lipinski definition) is 8. The molecule has 0 amide bonds. The van der Waals surface area contributed by atoms with Crippen molar-refractivity contribution in [1.82, 2.24) is 19.7 Å². The molecular formula is C22H19FN6O3S. The van der Waals surface area contributed by atoms with E-state index < -0.39 is 22.3 Å². The highest BCUT2D eigenvalue weighted by Gasteiger charge is 2.42. The standard InChI is InChI=1S/C22H19FN6O3S/c1-32-20-16-12(6-13(23)17(20)28-5-4-10(8-28)21-25-9-26-27-21)18(30)15-19(31)14(7-24)33-22(15)29(16)11-2-3-11/h6,9-11,14H,2-5,8H2,1H3,(H,25,26,27)/t10-,14?/m1/s1. The molecule has 2 aliphatic heterocycles. The van der Waals surface area contributed by atoms with Crippen LogP contribution in [-0.4, -0.2) is 51.0 Å². The van der Waals surface area contributed by atoms with Crippen LogP contribution in [0.3, 0.4) is 0 Å². The number of nitrogens with one attached hydrogen (secondary N) is 1. The van der Waals surface area contributed by atoms with E-state index in [1.165, 1.54) is 19.5 Å². The summed E-state index contributed by atoms with van der Waals surface area (Å²) in [7, 11) is 1.47. The monoisotopic (exact) mass is 466 g/mol. The molecule has 168 valence electrons. The number of benzene rings is 1. The second kappa shape index (κ2) is 7.31. The van der Waals surface area contributed by atoms with Crippen LogP contribution in [-0.2, 0) is 0 Å². The number of aromatic amines is 1. The Morgan fingerprint density at radius 2 is 2.15 bits per heavy atom. The molecule has 1 unspecified atom stereocenters. The summed E-state index contributed by atoms with van der Waals surface area (Å²) in [5.41, 5.74) is 0.234. The molecule has 1 saturated carbocycles. The van der Waals surface area contributed by atoms with E-state index in [4.69, 9.17) is 4.74 Å². The molecular weight excluding hydrogens is 447 g/mol. The van der Waals surface area contributed by atoms with Crippen molar-refractivity contribution in [1.29, 1.82) is 5.26 Å². The van der Waals surface area contributed by atoms with Gasteiger partial charge in [-0.25, -0.2) is 9.37 Å². The average molecular weight is 466 g/mol. The number of anilines is 1. The molecule has 1 aromatic carbocycles. The minimum atomic E-state index is -0.967. The zero-order chi connectivity index (χ0) is 22.9. The minimum absolute atomic E-state index is 0.00768. The fourth-order valence-electron chi connectivity index (χ4n) is 4.95. The summed E-state index contributed by atoms with van der Waals surface area (Å²) in [6, 6.07) is 3.27. The summed E-state index contributed by atoms with van der Waals surface area (Å²) >= 11 is 1.10. The van der Waals surface area contributed by atoms with Gasteiger partial charge >= 0.3 is 0 Å². The van der Waals surface area contributed by atoms with Crippen LogP contribution in [0.5, 0.6) is 5.75 Å². The number of thioether (sulfide) groups is 1. The molecule has 3 aliphatic rings. The second-order valence-electron chi connectivity index (χ2n) is 8.54. The Hall–Kier alpha value is -3.39. The fourth-order valence-corrected chi connectivity index (χ4v) is 6.12. The van der Waals surface area contributed by atoms with Crippen molar-refractivity contribution in [2.45, 2.75) is 41.5 Å². The fraction of sp³-hybridized carbons (Fsp3) is 0.409. The Labute approximate surface area is 191 Å². The highest BCUT2D eigenvalue weighted by atomic mass is 32.2. The number of pyridine rings is 1. The summed E-state index contributed by atoms with van der Waals surface area (Å²) in [6.07, 6.45) is 3.98. The van der Waals surface area contributed by atoms with E-state index in [1.807, 2.05) is 15.5 Å². The van der Waals surface area contributed by atoms with Gasteiger partial charge in [-0.15, -0.1) is 0 Å². The normalized spacial score (nSPS) is 22.1. The number of ether oxygens (including phenoxy) is 1. The maximum Gasteiger partial charge on any atom is 0.201 e. The van der Waals surface area contributed by atoms with E-state index >= 15 is 4.39 Å². The average Bonchev–Trinajstić information content (AvgIpc) is 3.18. The molecule has 3 aromatic rings. The van der Waals surface area contributed by atoms with Crippen LogP contribution in [0, 0.1) is 17.1 Å². The molecule has 9 nitrogen and oxygen atoms in total. The van der Waals surface area contributed by atoms with Crippen molar-refractivity contribution < 1.29 is 13.9 Å². The zero-order valence-electron chi connectivity index (χ0n) is 17.7. The van der Waals surface area contributed by atoms with Crippen molar-refractivity contribution in [3.63, 3.8) is 0 Å². The lowest BCUT2D eigenvalue weighted by Gasteiger charge is -2.25. The molecule has 0 radical (unpaired) electrons. The molecule has 2 fully saturated rings. The van der Waals surface area contributed by atoms with Crippen LogP contribution in [0.25, 0.3) is 10.9 Å². The number of H-pyrrole nitrogens is 1. The van der Waals surface area contributed by atoms with Crippen molar-refractivity contribution in [3.05, 3.63) is 39.8 Å². The number of carbonyl (C=O) groups is 1. The zero-order valence-corrected chi connectivity index (χ0v) is 18.5. The molecule has 1 saturated heterocycles. The number of nitriles is 1. The van der Waals surface area contributed by atoms with Gasteiger partial charge in [0, 0.05) is 25.0 Å². The van der Waals surface area contributed by atoms with Crippen LogP contribution in [0.2, 0.25) is 0 Å². The number of rotatable bonds is 4. The van der Waals surface area contributed by atoms with Gasteiger partial charge in [0.25, 0.3) is 0 Å². The third-order valence-corrected chi connectivity index (χ3v) is 7.78. The predicted octanol–water partition coefficient (Wildman–Crippen LogP) is 2.78. The molecule has 2 atom stereocenters. The number of aromatic nitrogens is 4. The van der Waals surface area contributed by atoms with E-state index in [2.05, 4.69) is 15.2 Å². The van der Waals surface area contributed by atoms with Gasteiger partial charge in [0.15, 0.2) is 22.6 Å². The summed E-state index contributed by atoms with van der Waals surface area (Å²) in [5, 5.41) is 15.8. The van der Waals surface area contributed by atoms with Gasteiger partial charge in [0.1, 0.15) is 17.8 Å². The van der Waals surface area contributed by atoms with Crippen molar-refractivity contribution in [2.75, 3.05) is 25.1 Å². The van der Waals surface area contributed by atoms with Crippen molar-refractivity contribution in [2.24, 2.45) is 0 Å². The first-order valence-corrected chi connectivity index (χ1v) is 11.6. The number of carbonyl (C=O) groups excluding carboxylic acids is 1. The van der Waals surface area contributed by atoms with Gasteiger partial charge in [0.05, 0.1) is 34.7 Å². The van der Waals surface area contributed by atoms with E-state index in [9.17, 15) is 14.9 Å². The molecule has 4 heterocycles. The lowest BCUT2D eigenvalue weighted by Crippen LogP contribution is -2.24. The quantitative estimate of drug-likeness (QED) is 0.624. The first-order valence-electron chi connectivity index (χ1n) is 10.7. The molecule has 11 heteroatoms. The summed E-state index contributed by atoms with van der Waals surface area (Å²) in [6.45, 7) is 1.11. The highest BCUT2D eigenvalue weighted by Crippen LogP contribution is 2.49. The lowest BCUT2D eigenvalue weighted by atomic mass is 10.0. The number of fused-ring (bicyclic) bond motifs is 2. The number of Topliss-reactive ketones (excluding diaryl/α,β-unsaturated/α-hetero) is 1. The van der Waals surface area contributed by atoms with Crippen LogP contribution in [0.1, 0.15) is 47.4 Å². The highest BCUT2D eigenvalue weighted by molar-refractivity contribution is 8.01. The third kappa shape index (κ3) is 2.90. The number of ketones is 1. The lowest BCUT2D eigenvalue weighted by molar-refractivity contribution is 0.100. The number of halogens is 1. The second-order valence-corrected chi connectivity index (χ2v) is 9.63. The molecule has 33 heavy (non-hydrogen) atoms. The minimum Gasteiger partial charge on any atom is -0.492 e. The Balaban J connectivity index is 1.58. The summed E-state index contributed by atoms with van der Waals surface area (Å²) in [5.74, 6) is 0.0254. The van der Waals surface area contributed by atoms with Crippen LogP contribution >= 0.6 is 11.8 Å². The number of methoxy groups -OCH3 is 1. The Morgan fingerprint density at radius 1 is 1.33 bits per heavy atom. The van der Waals surface area contributed by atoms with Gasteiger partial charge in [-0.05, 0) is 25.3 Å². The molecule has 1 aliphatic carbocycles. The Morgan fingerprint density at radius 3 is 2.82 bits per heavy atom. The maximum atomic E-state index is 15.6. The Kier molecular flexibility index (Phi) is 4.48. The van der Waals surface area contributed by atoms with Gasteiger partial charge in [-0.3, -0.25) is 14.7 Å². The van der Waals surface area contributed by atoms with E-state index in [0.717, 1.165) is 36.8 Å².